The van der Waals surface area contributed by atoms with E-state index in [0.717, 1.165) is 25.0 Å². The lowest BCUT2D eigenvalue weighted by Crippen LogP contribution is -2.44. The number of halogens is 1. The summed E-state index contributed by atoms with van der Waals surface area (Å²) >= 11 is 1.82. The van der Waals surface area contributed by atoms with E-state index in [1.807, 2.05) is 18.4 Å². The van der Waals surface area contributed by atoms with Crippen molar-refractivity contribution >= 4 is 41.3 Å². The summed E-state index contributed by atoms with van der Waals surface area (Å²) in [5.74, 6) is 1.66. The van der Waals surface area contributed by atoms with Gasteiger partial charge in [0.05, 0.1) is 0 Å². The van der Waals surface area contributed by atoms with E-state index in [0.29, 0.717) is 0 Å². The van der Waals surface area contributed by atoms with Gasteiger partial charge < -0.3 is 15.5 Å². The van der Waals surface area contributed by atoms with Gasteiger partial charge in [0, 0.05) is 37.0 Å². The lowest BCUT2D eigenvalue weighted by atomic mass is 9.91. The standard InChI is InChI=1S/C18H32N4S.HI/c1-5-9-22-10-8-15(13-22)12-20-17(19-4)21-14-18(2,3)16-7-6-11-23-16;/h6-7,11,15H,5,8-10,12-14H2,1-4H3,(H2,19,20,21);1H. The third-order valence-corrected chi connectivity index (χ3v) is 5.81. The molecule has 4 nitrogen and oxygen atoms in total. The van der Waals surface area contributed by atoms with Gasteiger partial charge in [-0.1, -0.05) is 26.8 Å². The number of thiophene rings is 1. The Labute approximate surface area is 168 Å². The molecule has 0 amide bonds. The third-order valence-electron chi connectivity index (χ3n) is 4.58. The van der Waals surface area contributed by atoms with Crippen LogP contribution in [0.5, 0.6) is 0 Å². The van der Waals surface area contributed by atoms with Crippen LogP contribution in [-0.4, -0.2) is 50.6 Å². The molecule has 24 heavy (non-hydrogen) atoms. The van der Waals surface area contributed by atoms with Gasteiger partial charge in [-0.3, -0.25) is 4.99 Å². The molecular formula is C18H33IN4S. The van der Waals surface area contributed by atoms with Crippen molar-refractivity contribution in [3.8, 4) is 0 Å². The van der Waals surface area contributed by atoms with Crippen molar-refractivity contribution in [1.29, 1.82) is 0 Å². The monoisotopic (exact) mass is 464 g/mol. The van der Waals surface area contributed by atoms with Crippen LogP contribution >= 0.6 is 35.3 Å². The van der Waals surface area contributed by atoms with Gasteiger partial charge in [0.15, 0.2) is 5.96 Å². The van der Waals surface area contributed by atoms with Crippen LogP contribution in [0.3, 0.4) is 0 Å². The average molecular weight is 464 g/mol. The molecule has 138 valence electrons. The summed E-state index contributed by atoms with van der Waals surface area (Å²) in [5, 5.41) is 9.14. The highest BCUT2D eigenvalue weighted by atomic mass is 127. The van der Waals surface area contributed by atoms with E-state index in [9.17, 15) is 0 Å². The van der Waals surface area contributed by atoms with E-state index in [1.54, 1.807) is 0 Å². The molecule has 0 aliphatic carbocycles. The molecule has 1 aromatic heterocycles. The maximum Gasteiger partial charge on any atom is 0.191 e. The van der Waals surface area contributed by atoms with Crippen molar-refractivity contribution in [3.63, 3.8) is 0 Å². The number of rotatable bonds is 7. The minimum Gasteiger partial charge on any atom is -0.356 e. The molecular weight excluding hydrogens is 431 g/mol. The van der Waals surface area contributed by atoms with Gasteiger partial charge in [0.25, 0.3) is 0 Å². The van der Waals surface area contributed by atoms with Crippen molar-refractivity contribution < 1.29 is 0 Å². The highest BCUT2D eigenvalue weighted by molar-refractivity contribution is 14.0. The van der Waals surface area contributed by atoms with Gasteiger partial charge >= 0.3 is 0 Å². The first kappa shape index (κ1) is 21.7. The molecule has 1 atom stereocenters. The highest BCUT2D eigenvalue weighted by Crippen LogP contribution is 2.26. The number of hydrogen-bond donors (Lipinski definition) is 2. The summed E-state index contributed by atoms with van der Waals surface area (Å²) in [7, 11) is 1.85. The number of nitrogens with one attached hydrogen (secondary N) is 2. The van der Waals surface area contributed by atoms with E-state index < -0.39 is 0 Å². The number of nitrogens with zero attached hydrogens (tertiary/aromatic N) is 2. The molecule has 1 aliphatic rings. The quantitative estimate of drug-likeness (QED) is 0.369. The van der Waals surface area contributed by atoms with Crippen LogP contribution < -0.4 is 10.6 Å². The van der Waals surface area contributed by atoms with Crippen LogP contribution in [0, 0.1) is 5.92 Å². The number of aliphatic imine (C=N–C) groups is 1. The molecule has 1 saturated heterocycles. The molecule has 1 unspecified atom stereocenters. The molecule has 6 heteroatoms. The molecule has 2 rings (SSSR count). The summed E-state index contributed by atoms with van der Waals surface area (Å²) < 4.78 is 0. The summed E-state index contributed by atoms with van der Waals surface area (Å²) in [6.45, 7) is 12.4. The molecule has 0 saturated carbocycles. The fourth-order valence-electron chi connectivity index (χ4n) is 3.12. The predicted molar refractivity (Wildman–Crippen MR) is 117 cm³/mol. The van der Waals surface area contributed by atoms with Crippen LogP contribution in [0.1, 0.15) is 38.5 Å². The van der Waals surface area contributed by atoms with Crippen molar-refractivity contribution in [2.75, 3.05) is 39.8 Å². The Hall–Kier alpha value is -0.340. The topological polar surface area (TPSA) is 39.7 Å². The molecule has 1 aromatic rings. The van der Waals surface area contributed by atoms with E-state index in [1.165, 1.54) is 37.4 Å². The van der Waals surface area contributed by atoms with Gasteiger partial charge in [-0.15, -0.1) is 35.3 Å². The summed E-state index contributed by atoms with van der Waals surface area (Å²) in [6, 6.07) is 4.33. The second-order valence-corrected chi connectivity index (χ2v) is 8.07. The Kier molecular flexibility index (Phi) is 9.59. The molecule has 1 fully saturated rings. The SMILES string of the molecule is CCCN1CCC(CNC(=NC)NCC(C)(C)c2cccs2)C1.I. The number of hydrogen-bond acceptors (Lipinski definition) is 3. The zero-order valence-corrected chi connectivity index (χ0v) is 18.6. The van der Waals surface area contributed by atoms with E-state index in [2.05, 4.69) is 58.8 Å². The van der Waals surface area contributed by atoms with Crippen LogP contribution in [0.2, 0.25) is 0 Å². The molecule has 0 spiro atoms. The minimum atomic E-state index is 0. The number of guanidine groups is 1. The Balaban J connectivity index is 0.00000288. The Morgan fingerprint density at radius 3 is 2.83 bits per heavy atom. The average Bonchev–Trinajstić information content (AvgIpc) is 3.19. The maximum absolute atomic E-state index is 4.37. The van der Waals surface area contributed by atoms with Crippen LogP contribution in [-0.2, 0) is 5.41 Å². The first-order valence-corrected chi connectivity index (χ1v) is 9.64. The fraction of sp³-hybridized carbons (Fsp3) is 0.722. The van der Waals surface area contributed by atoms with Crippen molar-refractivity contribution in [1.82, 2.24) is 15.5 Å². The van der Waals surface area contributed by atoms with Gasteiger partial charge in [-0.05, 0) is 43.3 Å². The predicted octanol–water partition coefficient (Wildman–Crippen LogP) is 3.54. The molecule has 2 heterocycles. The van der Waals surface area contributed by atoms with Gasteiger partial charge in [-0.25, -0.2) is 0 Å². The van der Waals surface area contributed by atoms with Crippen molar-refractivity contribution in [2.45, 2.75) is 39.0 Å². The lowest BCUT2D eigenvalue weighted by Gasteiger charge is -2.25. The zero-order chi connectivity index (χ0) is 16.7. The van der Waals surface area contributed by atoms with Crippen molar-refractivity contribution in [3.05, 3.63) is 22.4 Å². The van der Waals surface area contributed by atoms with Gasteiger partial charge in [-0.2, -0.15) is 0 Å². The first-order valence-electron chi connectivity index (χ1n) is 8.76. The fourth-order valence-corrected chi connectivity index (χ4v) is 3.97. The number of likely N-dealkylation sites (tertiary alicyclic amines) is 1. The molecule has 1 aliphatic heterocycles. The second kappa shape index (κ2) is 10.6. The molecule has 0 aromatic carbocycles. The lowest BCUT2D eigenvalue weighted by molar-refractivity contribution is 0.324. The van der Waals surface area contributed by atoms with Crippen LogP contribution in [0.15, 0.2) is 22.5 Å². The zero-order valence-electron chi connectivity index (χ0n) is 15.5. The van der Waals surface area contributed by atoms with Crippen molar-refractivity contribution in [2.24, 2.45) is 10.9 Å². The molecule has 0 bridgehead atoms. The summed E-state index contributed by atoms with van der Waals surface area (Å²) in [5.41, 5.74) is 0.122. The van der Waals surface area contributed by atoms with E-state index >= 15 is 0 Å². The van der Waals surface area contributed by atoms with Crippen LogP contribution in [0.25, 0.3) is 0 Å². The molecule has 0 radical (unpaired) electrons. The second-order valence-electron chi connectivity index (χ2n) is 7.12. The smallest absolute Gasteiger partial charge is 0.191 e. The summed E-state index contributed by atoms with van der Waals surface area (Å²) in [4.78, 5) is 8.35. The third kappa shape index (κ3) is 6.52. The Bertz CT molecular complexity index is 487. The van der Waals surface area contributed by atoms with Gasteiger partial charge in [0.1, 0.15) is 0 Å². The largest absolute Gasteiger partial charge is 0.356 e. The highest BCUT2D eigenvalue weighted by Gasteiger charge is 2.23. The Morgan fingerprint density at radius 2 is 2.21 bits per heavy atom. The maximum atomic E-state index is 4.37. The normalized spacial score (nSPS) is 19.2. The molecule has 2 N–H and O–H groups in total. The van der Waals surface area contributed by atoms with Crippen LogP contribution in [0.4, 0.5) is 0 Å². The van der Waals surface area contributed by atoms with E-state index in [-0.39, 0.29) is 29.4 Å². The van der Waals surface area contributed by atoms with E-state index in [4.69, 9.17) is 0 Å². The van der Waals surface area contributed by atoms with Gasteiger partial charge in [0.2, 0.25) is 0 Å². The first-order chi connectivity index (χ1) is 11.0. The summed E-state index contributed by atoms with van der Waals surface area (Å²) in [6.07, 6.45) is 2.55. The Morgan fingerprint density at radius 1 is 1.42 bits per heavy atom. The minimum absolute atomic E-state index is 0.